The Morgan fingerprint density at radius 2 is 1.90 bits per heavy atom. The molecule has 2 bridgehead atoms. The number of nitrogens with one attached hydrogen (secondary N) is 1. The number of alkyl halides is 1. The average molecular weight is 761 g/mol. The Morgan fingerprint density at radius 3 is 2.56 bits per heavy atom. The van der Waals surface area contributed by atoms with Gasteiger partial charge in [-0.3, -0.25) is 19.2 Å². The second kappa shape index (κ2) is 19.0. The molecule has 0 saturated carbocycles. The Hall–Kier alpha value is -3.06. The number of hydrogen-bond acceptors (Lipinski definition) is 8. The molecule has 12 heteroatoms. The Morgan fingerprint density at radius 1 is 1.16 bits per heavy atom. The zero-order valence-corrected chi connectivity index (χ0v) is 31.1. The smallest absolute Gasteiger partial charge is 0.313 e. The molecule has 8 atom stereocenters. The van der Waals surface area contributed by atoms with Crippen molar-refractivity contribution in [1.82, 2.24) is 15.1 Å². The van der Waals surface area contributed by atoms with Crippen LogP contribution in [0.2, 0.25) is 0 Å². The summed E-state index contributed by atoms with van der Waals surface area (Å²) in [5, 5.41) is 12.2. The van der Waals surface area contributed by atoms with Gasteiger partial charge in [0.15, 0.2) is 0 Å². The molecule has 3 saturated heterocycles. The predicted molar refractivity (Wildman–Crippen MR) is 193 cm³/mol. The van der Waals surface area contributed by atoms with E-state index < -0.39 is 47.7 Å². The zero-order chi connectivity index (χ0) is 36.3. The summed E-state index contributed by atoms with van der Waals surface area (Å²) in [5.41, 5.74) is -0.562. The van der Waals surface area contributed by atoms with Crippen molar-refractivity contribution in [2.24, 2.45) is 11.8 Å². The van der Waals surface area contributed by atoms with E-state index in [1.165, 1.54) is 7.11 Å². The number of fused-ring (bicyclic) bond motifs is 1. The highest BCUT2D eigenvalue weighted by atomic mass is 79.9. The fourth-order valence-corrected chi connectivity index (χ4v) is 8.70. The van der Waals surface area contributed by atoms with Gasteiger partial charge in [0.05, 0.1) is 30.6 Å². The molecule has 3 amide bonds. The third-order valence-corrected chi connectivity index (χ3v) is 10.9. The first kappa shape index (κ1) is 39.7. The van der Waals surface area contributed by atoms with Crippen molar-refractivity contribution >= 4 is 39.6 Å². The van der Waals surface area contributed by atoms with Crippen LogP contribution in [-0.4, -0.2) is 107 Å². The molecule has 4 rings (SSSR count). The van der Waals surface area contributed by atoms with Crippen LogP contribution in [0.15, 0.2) is 55.6 Å². The number of amides is 3. The number of benzene rings is 1. The van der Waals surface area contributed by atoms with Crippen LogP contribution in [0.4, 0.5) is 0 Å². The first-order chi connectivity index (χ1) is 24.2. The van der Waals surface area contributed by atoms with Gasteiger partial charge in [0, 0.05) is 44.6 Å². The van der Waals surface area contributed by atoms with Crippen LogP contribution in [0, 0.1) is 11.8 Å². The molecule has 11 nitrogen and oxygen atoms in total. The number of esters is 1. The van der Waals surface area contributed by atoms with E-state index in [1.54, 1.807) is 22.0 Å². The van der Waals surface area contributed by atoms with Gasteiger partial charge in [0.1, 0.15) is 17.7 Å². The van der Waals surface area contributed by atoms with Gasteiger partial charge in [-0.15, -0.1) is 13.2 Å². The number of carbonyl (C=O) groups excluding carboxylic acids is 4. The van der Waals surface area contributed by atoms with E-state index in [4.69, 9.17) is 14.2 Å². The van der Waals surface area contributed by atoms with Crippen molar-refractivity contribution in [2.75, 3.05) is 40.0 Å². The van der Waals surface area contributed by atoms with Gasteiger partial charge >= 0.3 is 5.97 Å². The largest absolute Gasteiger partial charge is 0.455 e. The lowest BCUT2D eigenvalue weighted by molar-refractivity contribution is -0.163. The van der Waals surface area contributed by atoms with Gasteiger partial charge in [0.25, 0.3) is 0 Å². The minimum Gasteiger partial charge on any atom is -0.455 e. The maximum absolute atomic E-state index is 14.6. The summed E-state index contributed by atoms with van der Waals surface area (Å²) >= 11 is 3.75. The fourth-order valence-electron chi connectivity index (χ4n) is 7.76. The van der Waals surface area contributed by atoms with E-state index in [1.807, 2.05) is 30.3 Å². The Labute approximate surface area is 304 Å². The molecular formula is C38H54BrN3O8. The van der Waals surface area contributed by atoms with Crippen molar-refractivity contribution in [2.45, 2.75) is 99.4 Å². The van der Waals surface area contributed by atoms with E-state index in [2.05, 4.69) is 41.3 Å². The Bertz CT molecular complexity index is 1330. The number of ether oxygens (including phenoxy) is 3. The van der Waals surface area contributed by atoms with Crippen molar-refractivity contribution in [3.8, 4) is 0 Å². The summed E-state index contributed by atoms with van der Waals surface area (Å²) in [7, 11) is 1.51. The van der Waals surface area contributed by atoms with Gasteiger partial charge in [-0.25, -0.2) is 0 Å². The SMILES string of the molecule is C=CCCC(=O)N[C@@H](COC)[C@@H](OC(=O)[C@@H]1[C@H]2O[C@@]3(CC2Br)[C@H](C(=O)N(CC=C)CCCC)N(CCCCCCO)C(=O)[C@@H]13)c1ccccc1. The molecule has 1 aromatic rings. The summed E-state index contributed by atoms with van der Waals surface area (Å²) in [6, 6.07) is 7.52. The van der Waals surface area contributed by atoms with E-state index in [9.17, 15) is 24.3 Å². The number of carbonyl (C=O) groups is 4. The maximum atomic E-state index is 14.6. The molecule has 1 aromatic carbocycles. The number of halogens is 1. The molecule has 3 aliphatic heterocycles. The lowest BCUT2D eigenvalue weighted by Gasteiger charge is -2.37. The van der Waals surface area contributed by atoms with E-state index in [0.29, 0.717) is 50.9 Å². The highest BCUT2D eigenvalue weighted by Crippen LogP contribution is 2.60. The van der Waals surface area contributed by atoms with Gasteiger partial charge in [-0.05, 0) is 37.7 Å². The second-order valence-corrected chi connectivity index (χ2v) is 14.7. The average Bonchev–Trinajstić information content (AvgIpc) is 3.70. The van der Waals surface area contributed by atoms with Gasteiger partial charge in [-0.1, -0.05) is 84.6 Å². The number of allylic oxidation sites excluding steroid dienone is 1. The van der Waals surface area contributed by atoms with Crippen LogP contribution in [0.25, 0.3) is 0 Å². The number of hydrogen-bond donors (Lipinski definition) is 2. The van der Waals surface area contributed by atoms with Gasteiger partial charge in [0.2, 0.25) is 17.7 Å². The van der Waals surface area contributed by atoms with Crippen molar-refractivity contribution in [3.63, 3.8) is 0 Å². The first-order valence-corrected chi connectivity index (χ1v) is 18.9. The number of methoxy groups -OCH3 is 1. The summed E-state index contributed by atoms with van der Waals surface area (Å²) in [5.74, 6) is -3.25. The monoisotopic (exact) mass is 759 g/mol. The highest BCUT2D eigenvalue weighted by Gasteiger charge is 2.77. The topological polar surface area (TPSA) is 135 Å². The minimum absolute atomic E-state index is 0.0716. The molecule has 3 fully saturated rings. The lowest BCUT2D eigenvalue weighted by atomic mass is 9.70. The molecule has 2 N–H and O–H groups in total. The van der Waals surface area contributed by atoms with E-state index in [0.717, 1.165) is 25.7 Å². The normalized spacial score (nSPS) is 26.3. The van der Waals surface area contributed by atoms with Crippen LogP contribution in [0.5, 0.6) is 0 Å². The van der Waals surface area contributed by atoms with Gasteiger partial charge < -0.3 is 34.4 Å². The second-order valence-electron chi connectivity index (χ2n) is 13.5. The summed E-state index contributed by atoms with van der Waals surface area (Å²) in [6.45, 7) is 11.0. The van der Waals surface area contributed by atoms with Crippen LogP contribution >= 0.6 is 15.9 Å². The van der Waals surface area contributed by atoms with Crippen molar-refractivity contribution < 1.29 is 38.5 Å². The number of unbranched alkanes of at least 4 members (excludes halogenated alkanes) is 4. The third kappa shape index (κ3) is 8.69. The van der Waals surface area contributed by atoms with E-state index in [-0.39, 0.29) is 42.2 Å². The van der Waals surface area contributed by atoms with Crippen molar-refractivity contribution in [3.05, 3.63) is 61.2 Å². The number of rotatable bonds is 22. The zero-order valence-electron chi connectivity index (χ0n) is 29.5. The summed E-state index contributed by atoms with van der Waals surface area (Å²) < 4.78 is 18.5. The number of aliphatic hydroxyl groups is 1. The molecule has 3 aliphatic rings. The minimum atomic E-state index is -1.22. The Balaban J connectivity index is 1.69. The summed E-state index contributed by atoms with van der Waals surface area (Å²) in [4.78, 5) is 59.6. The van der Waals surface area contributed by atoms with Crippen LogP contribution in [0.1, 0.15) is 76.4 Å². The highest BCUT2D eigenvalue weighted by molar-refractivity contribution is 9.09. The predicted octanol–water partition coefficient (Wildman–Crippen LogP) is 4.48. The molecule has 0 aromatic heterocycles. The van der Waals surface area contributed by atoms with Crippen LogP contribution in [0.3, 0.4) is 0 Å². The molecule has 1 unspecified atom stereocenters. The molecule has 0 aliphatic carbocycles. The maximum Gasteiger partial charge on any atom is 0.313 e. The van der Waals surface area contributed by atoms with Crippen LogP contribution in [-0.2, 0) is 33.4 Å². The fraction of sp³-hybridized carbons (Fsp3) is 0.632. The van der Waals surface area contributed by atoms with Crippen LogP contribution < -0.4 is 5.32 Å². The molecule has 3 heterocycles. The van der Waals surface area contributed by atoms with Crippen molar-refractivity contribution in [1.29, 1.82) is 0 Å². The number of aliphatic hydroxyl groups excluding tert-OH is 1. The number of likely N-dealkylation sites (tertiary alicyclic amines) is 1. The lowest BCUT2D eigenvalue weighted by Crippen LogP contribution is -2.57. The van der Waals surface area contributed by atoms with Gasteiger partial charge in [-0.2, -0.15) is 0 Å². The summed E-state index contributed by atoms with van der Waals surface area (Å²) in [6.07, 6.45) is 7.41. The number of nitrogens with zero attached hydrogens (tertiary/aromatic N) is 2. The molecule has 50 heavy (non-hydrogen) atoms. The molecule has 276 valence electrons. The first-order valence-electron chi connectivity index (χ1n) is 18.0. The Kier molecular flexibility index (Phi) is 15.1. The molecule has 0 radical (unpaired) electrons. The molecular weight excluding hydrogens is 706 g/mol. The molecule has 1 spiro atoms. The van der Waals surface area contributed by atoms with E-state index >= 15 is 0 Å². The quantitative estimate of drug-likeness (QED) is 0.0766. The third-order valence-electron chi connectivity index (χ3n) is 10.0. The standard InChI is InChI=1S/C38H54BrN3O8/c1-5-8-19-29(44)40-28(25-48-4)32(26-17-13-12-14-18-26)49-37(47)30-31-35(45)42(22-15-10-11-16-23-43)34(38(31)24-27(39)33(30)50-38)36(46)41(20-7-3)21-9-6-2/h5,7,12-14,17-18,27-28,30-34,43H,1,3,6,8-11,15-16,19-25H2,2,4H3,(H,40,44)/t27?,28-,30-,31+,32-,33-,34-,38+/m0/s1.